The lowest BCUT2D eigenvalue weighted by Gasteiger charge is -2.35. The molecule has 0 saturated carbocycles. The molecule has 25 heavy (non-hydrogen) atoms. The molecule has 1 saturated heterocycles. The first-order chi connectivity index (χ1) is 12.0. The van der Waals surface area contributed by atoms with Gasteiger partial charge in [0.1, 0.15) is 18.0 Å². The lowest BCUT2D eigenvalue weighted by atomic mass is 9.76. The number of rotatable bonds is 8. The average molecular weight is 350 g/mol. The van der Waals surface area contributed by atoms with E-state index in [1.54, 1.807) is 14.2 Å². The summed E-state index contributed by atoms with van der Waals surface area (Å²) in [5, 5.41) is 9.76. The van der Waals surface area contributed by atoms with Crippen molar-refractivity contribution in [3.63, 3.8) is 0 Å². The zero-order valence-electron chi connectivity index (χ0n) is 15.8. The molecule has 1 N–H and O–H groups in total. The van der Waals surface area contributed by atoms with Gasteiger partial charge in [-0.1, -0.05) is 30.7 Å². The first kappa shape index (κ1) is 19.9. The summed E-state index contributed by atoms with van der Waals surface area (Å²) in [6.45, 7) is 6.57. The summed E-state index contributed by atoms with van der Waals surface area (Å²) < 4.78 is 22.9. The van der Waals surface area contributed by atoms with E-state index < -0.39 is 17.8 Å². The highest BCUT2D eigenvalue weighted by molar-refractivity contribution is 5.27. The zero-order valence-corrected chi connectivity index (χ0v) is 15.8. The van der Waals surface area contributed by atoms with Crippen molar-refractivity contribution >= 4 is 0 Å². The summed E-state index contributed by atoms with van der Waals surface area (Å²) in [6, 6.07) is 7.77. The molecule has 0 spiro atoms. The van der Waals surface area contributed by atoms with E-state index in [-0.39, 0.29) is 12.7 Å². The molecule has 1 heterocycles. The number of hydrogen-bond acceptors (Lipinski definition) is 5. The van der Waals surface area contributed by atoms with Crippen LogP contribution in [0.15, 0.2) is 35.9 Å². The molecule has 0 aromatic heterocycles. The van der Waals surface area contributed by atoms with E-state index in [4.69, 9.17) is 18.9 Å². The second kappa shape index (κ2) is 8.81. The molecule has 140 valence electrons. The Balaban J connectivity index is 2.21. The smallest absolute Gasteiger partial charge is 0.169 e. The standard InChI is InChI=1S/C20H30O5/c1-6-7-14(2)20(3)18(17(12-21)25-19(20)23-5)24-13-15-8-10-16(22-4)11-9-15/h7-11,17-19,21H,6,12-13H2,1-5H3/b14-7+/t17-,18+,19?,20+/m1/s1. The van der Waals surface area contributed by atoms with Gasteiger partial charge in [0.25, 0.3) is 0 Å². The summed E-state index contributed by atoms with van der Waals surface area (Å²) in [5.74, 6) is 0.812. The Kier molecular flexibility index (Phi) is 7.02. The molecule has 0 aliphatic carbocycles. The summed E-state index contributed by atoms with van der Waals surface area (Å²) in [6.07, 6.45) is 1.92. The van der Waals surface area contributed by atoms with E-state index in [2.05, 4.69) is 26.8 Å². The minimum atomic E-state index is -0.454. The van der Waals surface area contributed by atoms with Crippen molar-refractivity contribution in [1.29, 1.82) is 0 Å². The third-order valence-electron chi connectivity index (χ3n) is 5.06. The van der Waals surface area contributed by atoms with Crippen LogP contribution in [-0.2, 0) is 20.8 Å². The highest BCUT2D eigenvalue weighted by Crippen LogP contribution is 2.46. The van der Waals surface area contributed by atoms with Crippen LogP contribution in [0.1, 0.15) is 32.8 Å². The van der Waals surface area contributed by atoms with Crippen molar-refractivity contribution < 1.29 is 24.1 Å². The Labute approximate surface area is 150 Å². The molecule has 1 aliphatic rings. The maximum atomic E-state index is 9.76. The summed E-state index contributed by atoms with van der Waals surface area (Å²) in [5.41, 5.74) is 1.74. The van der Waals surface area contributed by atoms with Crippen LogP contribution in [-0.4, -0.2) is 44.4 Å². The third kappa shape index (κ3) is 4.06. The molecule has 1 fully saturated rings. The molecule has 2 rings (SSSR count). The van der Waals surface area contributed by atoms with Crippen molar-refractivity contribution in [2.75, 3.05) is 20.8 Å². The second-order valence-corrected chi connectivity index (χ2v) is 6.58. The molecule has 4 atom stereocenters. The lowest BCUT2D eigenvalue weighted by Crippen LogP contribution is -2.43. The fraction of sp³-hybridized carbons (Fsp3) is 0.600. The van der Waals surface area contributed by atoms with Crippen LogP contribution in [0.5, 0.6) is 5.75 Å². The number of aliphatic hydroxyl groups is 1. The van der Waals surface area contributed by atoms with Crippen LogP contribution < -0.4 is 4.74 Å². The SMILES string of the molecule is CC/C=C(\C)[C@]1(C)C(OC)O[C@H](CO)[C@@H]1OCc1ccc(OC)cc1. The van der Waals surface area contributed by atoms with Gasteiger partial charge in [-0.05, 0) is 38.0 Å². The largest absolute Gasteiger partial charge is 0.497 e. The highest BCUT2D eigenvalue weighted by atomic mass is 16.7. The fourth-order valence-electron chi connectivity index (χ4n) is 3.46. The van der Waals surface area contributed by atoms with Gasteiger partial charge < -0.3 is 24.1 Å². The zero-order chi connectivity index (χ0) is 18.4. The van der Waals surface area contributed by atoms with Crippen LogP contribution in [0.4, 0.5) is 0 Å². The van der Waals surface area contributed by atoms with Crippen molar-refractivity contribution in [3.8, 4) is 5.75 Å². The molecule has 1 aliphatic heterocycles. The number of ether oxygens (including phenoxy) is 4. The molecule has 0 radical (unpaired) electrons. The quantitative estimate of drug-likeness (QED) is 0.729. The molecule has 1 aromatic rings. The fourth-order valence-corrected chi connectivity index (χ4v) is 3.46. The highest BCUT2D eigenvalue weighted by Gasteiger charge is 2.55. The van der Waals surface area contributed by atoms with Gasteiger partial charge in [0.15, 0.2) is 6.29 Å². The Morgan fingerprint density at radius 3 is 2.48 bits per heavy atom. The molecular formula is C20H30O5. The Hall–Kier alpha value is -1.40. The number of methoxy groups -OCH3 is 2. The molecule has 5 heteroatoms. The van der Waals surface area contributed by atoms with Crippen LogP contribution in [0.3, 0.4) is 0 Å². The van der Waals surface area contributed by atoms with Gasteiger partial charge in [-0.2, -0.15) is 0 Å². The Bertz CT molecular complexity index is 568. The van der Waals surface area contributed by atoms with Crippen LogP contribution >= 0.6 is 0 Å². The van der Waals surface area contributed by atoms with E-state index in [9.17, 15) is 5.11 Å². The predicted octanol–water partition coefficient (Wildman–Crippen LogP) is 3.31. The number of aliphatic hydroxyl groups excluding tert-OH is 1. The maximum Gasteiger partial charge on any atom is 0.169 e. The normalized spacial score (nSPS) is 29.8. The second-order valence-electron chi connectivity index (χ2n) is 6.58. The number of benzene rings is 1. The Morgan fingerprint density at radius 1 is 1.28 bits per heavy atom. The third-order valence-corrected chi connectivity index (χ3v) is 5.06. The van der Waals surface area contributed by atoms with Gasteiger partial charge in [0.2, 0.25) is 0 Å². The van der Waals surface area contributed by atoms with Gasteiger partial charge in [-0.25, -0.2) is 0 Å². The van der Waals surface area contributed by atoms with E-state index in [0.29, 0.717) is 6.61 Å². The molecule has 5 nitrogen and oxygen atoms in total. The maximum absolute atomic E-state index is 9.76. The van der Waals surface area contributed by atoms with E-state index in [1.807, 2.05) is 24.3 Å². The molecule has 1 aromatic carbocycles. The van der Waals surface area contributed by atoms with E-state index in [1.165, 1.54) is 0 Å². The van der Waals surface area contributed by atoms with Gasteiger partial charge in [-0.15, -0.1) is 0 Å². The topological polar surface area (TPSA) is 57.2 Å². The van der Waals surface area contributed by atoms with Gasteiger partial charge in [0, 0.05) is 7.11 Å². The minimum absolute atomic E-state index is 0.109. The predicted molar refractivity (Wildman–Crippen MR) is 96.5 cm³/mol. The van der Waals surface area contributed by atoms with Crippen LogP contribution in [0.2, 0.25) is 0 Å². The van der Waals surface area contributed by atoms with Crippen LogP contribution in [0.25, 0.3) is 0 Å². The Morgan fingerprint density at radius 2 is 1.96 bits per heavy atom. The lowest BCUT2D eigenvalue weighted by molar-refractivity contribution is -0.151. The first-order valence-corrected chi connectivity index (χ1v) is 8.72. The van der Waals surface area contributed by atoms with Crippen molar-refractivity contribution in [2.45, 2.75) is 52.3 Å². The minimum Gasteiger partial charge on any atom is -0.497 e. The number of hydrogen-bond donors (Lipinski definition) is 1. The molecule has 0 amide bonds. The summed E-state index contributed by atoms with van der Waals surface area (Å²) in [7, 11) is 3.27. The number of allylic oxidation sites excluding steroid dienone is 1. The van der Waals surface area contributed by atoms with Crippen molar-refractivity contribution in [1.82, 2.24) is 0 Å². The average Bonchev–Trinajstić information content (AvgIpc) is 2.93. The molecule has 0 bridgehead atoms. The summed E-state index contributed by atoms with van der Waals surface area (Å²) >= 11 is 0. The monoisotopic (exact) mass is 350 g/mol. The van der Waals surface area contributed by atoms with Gasteiger partial charge in [0.05, 0.1) is 25.7 Å². The van der Waals surface area contributed by atoms with Crippen molar-refractivity contribution in [3.05, 3.63) is 41.5 Å². The molecular weight excluding hydrogens is 320 g/mol. The van der Waals surface area contributed by atoms with E-state index >= 15 is 0 Å². The van der Waals surface area contributed by atoms with Crippen LogP contribution in [0, 0.1) is 5.41 Å². The van der Waals surface area contributed by atoms with Gasteiger partial charge >= 0.3 is 0 Å². The first-order valence-electron chi connectivity index (χ1n) is 8.72. The van der Waals surface area contributed by atoms with E-state index in [0.717, 1.165) is 23.3 Å². The van der Waals surface area contributed by atoms with Gasteiger partial charge in [-0.3, -0.25) is 0 Å². The molecule has 1 unspecified atom stereocenters. The summed E-state index contributed by atoms with van der Waals surface area (Å²) in [4.78, 5) is 0. The van der Waals surface area contributed by atoms with Crippen molar-refractivity contribution in [2.24, 2.45) is 5.41 Å².